The van der Waals surface area contributed by atoms with Gasteiger partial charge < -0.3 is 19.9 Å². The Balaban J connectivity index is 1.44. The van der Waals surface area contributed by atoms with Crippen molar-refractivity contribution >= 4 is 0 Å². The van der Waals surface area contributed by atoms with Crippen molar-refractivity contribution in [3.8, 4) is 0 Å². The molecule has 1 heterocycles. The lowest BCUT2D eigenvalue weighted by Crippen LogP contribution is -2.52. The maximum absolute atomic E-state index is 12.7. The van der Waals surface area contributed by atoms with Crippen LogP contribution in [0.4, 0.5) is 13.2 Å². The van der Waals surface area contributed by atoms with E-state index in [9.17, 15) is 18.3 Å². The Morgan fingerprint density at radius 2 is 1.59 bits per heavy atom. The van der Waals surface area contributed by atoms with E-state index in [0.29, 0.717) is 51.9 Å². The van der Waals surface area contributed by atoms with Crippen molar-refractivity contribution in [1.82, 2.24) is 5.32 Å². The smallest absolute Gasteiger partial charge is 0.390 e. The number of rotatable bonds is 5. The molecule has 1 saturated heterocycles. The molecule has 3 rings (SSSR count). The van der Waals surface area contributed by atoms with Gasteiger partial charge in [-0.3, -0.25) is 0 Å². The fourth-order valence-electron chi connectivity index (χ4n) is 3.97. The molecule has 2 fully saturated rings. The zero-order chi connectivity index (χ0) is 21.3. The zero-order valence-electron chi connectivity index (χ0n) is 17.4. The van der Waals surface area contributed by atoms with Gasteiger partial charge in [0, 0.05) is 24.3 Å². The van der Waals surface area contributed by atoms with Gasteiger partial charge in [0.15, 0.2) is 5.79 Å². The summed E-state index contributed by atoms with van der Waals surface area (Å²) in [5, 5.41) is 14.2. The Bertz CT molecular complexity index is 668. The molecule has 1 aromatic carbocycles. The van der Waals surface area contributed by atoms with Crippen molar-refractivity contribution in [2.45, 2.75) is 76.5 Å². The number of benzene rings is 1. The molecule has 0 amide bonds. The van der Waals surface area contributed by atoms with Gasteiger partial charge in [-0.15, -0.1) is 0 Å². The van der Waals surface area contributed by atoms with Crippen LogP contribution in [0.25, 0.3) is 0 Å². The maximum Gasteiger partial charge on any atom is 0.416 e. The van der Waals surface area contributed by atoms with Crippen LogP contribution in [-0.4, -0.2) is 36.3 Å². The monoisotopic (exact) mass is 415 g/mol. The lowest BCUT2D eigenvalue weighted by atomic mass is 9.78. The molecule has 1 atom stereocenters. The van der Waals surface area contributed by atoms with Crippen LogP contribution >= 0.6 is 0 Å². The molecule has 1 saturated carbocycles. The average Bonchev–Trinajstić information content (AvgIpc) is 2.66. The maximum atomic E-state index is 12.7. The summed E-state index contributed by atoms with van der Waals surface area (Å²) in [5.74, 6) is -0.553. The molecule has 0 unspecified atom stereocenters. The van der Waals surface area contributed by atoms with Gasteiger partial charge in [-0.05, 0) is 50.4 Å². The van der Waals surface area contributed by atoms with E-state index in [-0.39, 0.29) is 11.5 Å². The number of alkyl halides is 3. The number of halogens is 3. The van der Waals surface area contributed by atoms with Crippen molar-refractivity contribution < 1.29 is 27.8 Å². The lowest BCUT2D eigenvalue weighted by molar-refractivity contribution is -0.319. The van der Waals surface area contributed by atoms with Gasteiger partial charge in [0.2, 0.25) is 0 Å². The Kier molecular flexibility index (Phi) is 6.35. The van der Waals surface area contributed by atoms with Crippen LogP contribution in [0.5, 0.6) is 0 Å². The van der Waals surface area contributed by atoms with Gasteiger partial charge in [0.05, 0.1) is 24.4 Å². The molecule has 2 N–H and O–H groups in total. The van der Waals surface area contributed by atoms with Crippen molar-refractivity contribution in [1.29, 1.82) is 0 Å². The molecule has 0 radical (unpaired) electrons. The first kappa shape index (κ1) is 22.5. The largest absolute Gasteiger partial charge is 0.416 e. The van der Waals surface area contributed by atoms with Gasteiger partial charge >= 0.3 is 6.18 Å². The van der Waals surface area contributed by atoms with E-state index < -0.39 is 23.1 Å². The van der Waals surface area contributed by atoms with Gasteiger partial charge in [-0.25, -0.2) is 0 Å². The Labute approximate surface area is 170 Å². The summed E-state index contributed by atoms with van der Waals surface area (Å²) in [6, 6.07) is 5.11. The van der Waals surface area contributed by atoms with E-state index in [1.165, 1.54) is 12.1 Å². The van der Waals surface area contributed by atoms with Crippen molar-refractivity contribution in [2.75, 3.05) is 19.8 Å². The quantitative estimate of drug-likeness (QED) is 0.724. The summed E-state index contributed by atoms with van der Waals surface area (Å²) < 4.78 is 50.1. The second kappa shape index (κ2) is 8.17. The summed E-state index contributed by atoms with van der Waals surface area (Å²) in [4.78, 5) is 0. The van der Waals surface area contributed by atoms with Gasteiger partial charge in [-0.1, -0.05) is 26.0 Å². The predicted molar refractivity (Wildman–Crippen MR) is 104 cm³/mol. The molecule has 1 aliphatic carbocycles. The summed E-state index contributed by atoms with van der Waals surface area (Å²) in [6.07, 6.45) is -1.16. The van der Waals surface area contributed by atoms with E-state index in [2.05, 4.69) is 19.2 Å². The molecule has 29 heavy (non-hydrogen) atoms. The molecule has 4 nitrogen and oxygen atoms in total. The summed E-state index contributed by atoms with van der Waals surface area (Å²) >= 11 is 0. The number of aliphatic hydroxyl groups is 1. The number of hydrogen-bond donors (Lipinski definition) is 2. The Morgan fingerprint density at radius 3 is 2.10 bits per heavy atom. The Morgan fingerprint density at radius 1 is 1.03 bits per heavy atom. The molecule has 7 heteroatoms. The molecule has 2 aliphatic rings. The first-order chi connectivity index (χ1) is 13.4. The third-order valence-corrected chi connectivity index (χ3v) is 6.17. The van der Waals surface area contributed by atoms with E-state index in [1.54, 1.807) is 0 Å². The highest BCUT2D eigenvalue weighted by molar-refractivity contribution is 5.26. The number of ether oxygens (including phenoxy) is 2. The van der Waals surface area contributed by atoms with Crippen LogP contribution in [0.1, 0.15) is 70.0 Å². The molecule has 1 spiro atoms. The van der Waals surface area contributed by atoms with Crippen molar-refractivity contribution in [3.05, 3.63) is 35.4 Å². The van der Waals surface area contributed by atoms with Gasteiger partial charge in [0.25, 0.3) is 0 Å². The summed E-state index contributed by atoms with van der Waals surface area (Å²) in [6.45, 7) is 8.05. The normalized spacial score (nSPS) is 24.4. The summed E-state index contributed by atoms with van der Waals surface area (Å²) in [5.41, 5.74) is -0.594. The third-order valence-electron chi connectivity index (χ3n) is 6.17. The molecule has 0 bridgehead atoms. The highest BCUT2D eigenvalue weighted by Crippen LogP contribution is 2.43. The first-order valence-corrected chi connectivity index (χ1v) is 10.3. The highest BCUT2D eigenvalue weighted by atomic mass is 19.4. The van der Waals surface area contributed by atoms with E-state index >= 15 is 0 Å². The van der Waals surface area contributed by atoms with E-state index in [4.69, 9.17) is 9.47 Å². The fraction of sp³-hybridized carbons (Fsp3) is 0.727. The molecule has 1 aliphatic heterocycles. The van der Waals surface area contributed by atoms with Crippen molar-refractivity contribution in [2.24, 2.45) is 5.41 Å². The minimum atomic E-state index is -4.32. The van der Waals surface area contributed by atoms with Crippen LogP contribution < -0.4 is 5.32 Å². The average molecular weight is 415 g/mol. The van der Waals surface area contributed by atoms with Crippen LogP contribution in [-0.2, 0) is 15.7 Å². The molecular weight excluding hydrogens is 383 g/mol. The van der Waals surface area contributed by atoms with Crippen LogP contribution in [0, 0.1) is 5.41 Å². The zero-order valence-corrected chi connectivity index (χ0v) is 17.4. The lowest BCUT2D eigenvalue weighted by Gasteiger charge is -2.48. The van der Waals surface area contributed by atoms with Crippen molar-refractivity contribution in [3.63, 3.8) is 0 Å². The standard InChI is InChI=1S/C22H32F3NO3/c1-16(17-4-6-18(7-5-17)22(23,24)25)26-13-12-20(27)8-10-21(11-9-20)28-14-19(2,3)15-29-21/h4-7,16,26-27H,8-15H2,1-3H3/t16-/m0/s1. The second-order valence-corrected chi connectivity index (χ2v) is 9.42. The first-order valence-electron chi connectivity index (χ1n) is 10.3. The minimum Gasteiger partial charge on any atom is -0.390 e. The topological polar surface area (TPSA) is 50.7 Å². The number of nitrogens with one attached hydrogen (secondary N) is 1. The highest BCUT2D eigenvalue weighted by Gasteiger charge is 2.46. The van der Waals surface area contributed by atoms with Crippen LogP contribution in [0.15, 0.2) is 24.3 Å². The molecule has 164 valence electrons. The SMILES string of the molecule is C[C@H](NCCC1(O)CCC2(CC1)OCC(C)(C)CO2)c1ccc(C(F)(F)F)cc1. The summed E-state index contributed by atoms with van der Waals surface area (Å²) in [7, 11) is 0. The minimum absolute atomic E-state index is 0.0252. The molecule has 0 aromatic heterocycles. The third kappa shape index (κ3) is 5.72. The van der Waals surface area contributed by atoms with Gasteiger partial charge in [-0.2, -0.15) is 13.2 Å². The van der Waals surface area contributed by atoms with E-state index in [1.807, 2.05) is 6.92 Å². The Hall–Kier alpha value is -1.15. The number of hydrogen-bond acceptors (Lipinski definition) is 4. The predicted octanol–water partition coefficient (Wildman–Crippen LogP) is 4.82. The molecule has 1 aromatic rings. The van der Waals surface area contributed by atoms with Gasteiger partial charge in [0.1, 0.15) is 0 Å². The van der Waals surface area contributed by atoms with E-state index in [0.717, 1.165) is 17.7 Å². The van der Waals surface area contributed by atoms with Crippen LogP contribution in [0.2, 0.25) is 0 Å². The fourth-order valence-corrected chi connectivity index (χ4v) is 3.97. The molecular formula is C22H32F3NO3. The van der Waals surface area contributed by atoms with Crippen LogP contribution in [0.3, 0.4) is 0 Å². The second-order valence-electron chi connectivity index (χ2n) is 9.42.